The number of halogens is 1. The highest BCUT2D eigenvalue weighted by atomic mass is 19.1. The van der Waals surface area contributed by atoms with E-state index in [4.69, 9.17) is 4.74 Å². The summed E-state index contributed by atoms with van der Waals surface area (Å²) in [6.07, 6.45) is 4.57. The maximum Gasteiger partial charge on any atom is 0.126 e. The van der Waals surface area contributed by atoms with Gasteiger partial charge in [0.1, 0.15) is 5.82 Å². The van der Waals surface area contributed by atoms with E-state index in [1.54, 1.807) is 13.2 Å². The Labute approximate surface area is 111 Å². The van der Waals surface area contributed by atoms with Gasteiger partial charge in [-0.25, -0.2) is 4.39 Å². The number of rotatable bonds is 2. The van der Waals surface area contributed by atoms with Crippen molar-refractivity contribution in [2.45, 2.75) is 59.0 Å². The molecule has 0 saturated heterocycles. The monoisotopic (exact) mass is 254 g/mol. The van der Waals surface area contributed by atoms with E-state index in [9.17, 15) is 4.39 Å². The van der Waals surface area contributed by atoms with Crippen molar-refractivity contribution >= 4 is 0 Å². The van der Waals surface area contributed by atoms with Gasteiger partial charge in [-0.05, 0) is 36.8 Å². The van der Waals surface area contributed by atoms with Gasteiger partial charge in [0.15, 0.2) is 0 Å². The highest BCUT2D eigenvalue weighted by Gasteiger charge is 2.14. The normalized spacial score (nSPS) is 13.9. The van der Waals surface area contributed by atoms with Crippen LogP contribution in [0.2, 0.25) is 0 Å². The Bertz CT molecular complexity index is 303. The number of benzene rings is 1. The fourth-order valence-corrected chi connectivity index (χ4v) is 1.55. The molecule has 1 saturated carbocycles. The van der Waals surface area contributed by atoms with Crippen LogP contribution in [0.3, 0.4) is 0 Å². The van der Waals surface area contributed by atoms with E-state index in [0.29, 0.717) is 6.10 Å². The van der Waals surface area contributed by atoms with Gasteiger partial charge < -0.3 is 4.74 Å². The second-order valence-corrected chi connectivity index (χ2v) is 4.46. The van der Waals surface area contributed by atoms with E-state index in [-0.39, 0.29) is 11.7 Å². The molecule has 0 N–H and O–H groups in total. The lowest BCUT2D eigenvalue weighted by atomic mass is 9.96. The third-order valence-corrected chi connectivity index (χ3v) is 2.91. The van der Waals surface area contributed by atoms with Crippen molar-refractivity contribution in [3.63, 3.8) is 0 Å². The number of hydrogen-bond acceptors (Lipinski definition) is 1. The van der Waals surface area contributed by atoms with Crippen molar-refractivity contribution in [3.8, 4) is 0 Å². The molecule has 0 aliphatic heterocycles. The summed E-state index contributed by atoms with van der Waals surface area (Å²) in [5, 5.41) is 0. The molecule has 2 rings (SSSR count). The van der Waals surface area contributed by atoms with E-state index in [1.807, 2.05) is 39.8 Å². The quantitative estimate of drug-likeness (QED) is 0.708. The number of methoxy groups -OCH3 is 1. The SMILES string of the molecule is CC.CC(C)c1ccccc1F.COC1CCC1. The molecule has 0 amide bonds. The standard InChI is InChI=1S/C9H11F.C5H10O.C2H6/c1-7(2)8-5-3-4-6-9(8)10;1-6-5-3-2-4-5;1-2/h3-7H,1-2H3;5H,2-4H2,1H3;1-2H3. The predicted molar refractivity (Wildman–Crippen MR) is 76.5 cm³/mol. The lowest BCUT2D eigenvalue weighted by Gasteiger charge is -2.22. The summed E-state index contributed by atoms with van der Waals surface area (Å²) >= 11 is 0. The van der Waals surface area contributed by atoms with Crippen molar-refractivity contribution < 1.29 is 9.13 Å². The molecule has 0 spiro atoms. The fraction of sp³-hybridized carbons (Fsp3) is 0.625. The smallest absolute Gasteiger partial charge is 0.126 e. The Morgan fingerprint density at radius 3 is 1.94 bits per heavy atom. The van der Waals surface area contributed by atoms with Gasteiger partial charge in [0.25, 0.3) is 0 Å². The summed E-state index contributed by atoms with van der Waals surface area (Å²) in [5.41, 5.74) is 0.794. The molecule has 0 heterocycles. The first-order valence-corrected chi connectivity index (χ1v) is 6.92. The molecule has 0 radical (unpaired) electrons. The van der Waals surface area contributed by atoms with Gasteiger partial charge in [-0.15, -0.1) is 0 Å². The van der Waals surface area contributed by atoms with Crippen molar-refractivity contribution in [2.24, 2.45) is 0 Å². The first-order valence-electron chi connectivity index (χ1n) is 6.92. The van der Waals surface area contributed by atoms with Crippen LogP contribution in [0.4, 0.5) is 4.39 Å². The van der Waals surface area contributed by atoms with Crippen LogP contribution in [-0.4, -0.2) is 13.2 Å². The zero-order valence-corrected chi connectivity index (χ0v) is 12.4. The minimum absolute atomic E-state index is 0.0995. The molecule has 1 aromatic carbocycles. The van der Waals surface area contributed by atoms with Gasteiger partial charge in [0.05, 0.1) is 6.10 Å². The largest absolute Gasteiger partial charge is 0.381 e. The Balaban J connectivity index is 0.000000308. The third-order valence-electron chi connectivity index (χ3n) is 2.91. The lowest BCUT2D eigenvalue weighted by molar-refractivity contribution is 0.0412. The Kier molecular flexibility index (Phi) is 9.57. The molecule has 2 heteroatoms. The Morgan fingerprint density at radius 2 is 1.72 bits per heavy atom. The highest BCUT2D eigenvalue weighted by molar-refractivity contribution is 5.20. The molecule has 1 fully saturated rings. The molecular weight excluding hydrogens is 227 g/mol. The lowest BCUT2D eigenvalue weighted by Crippen LogP contribution is -2.18. The van der Waals surface area contributed by atoms with Crippen molar-refractivity contribution in [2.75, 3.05) is 7.11 Å². The van der Waals surface area contributed by atoms with Crippen molar-refractivity contribution in [3.05, 3.63) is 35.6 Å². The molecular formula is C16H27FO. The predicted octanol–water partition coefficient (Wildman–Crippen LogP) is 5.16. The van der Waals surface area contributed by atoms with E-state index in [0.717, 1.165) is 5.56 Å². The minimum atomic E-state index is -0.0995. The molecule has 18 heavy (non-hydrogen) atoms. The van der Waals surface area contributed by atoms with Crippen LogP contribution in [0, 0.1) is 5.82 Å². The van der Waals surface area contributed by atoms with Gasteiger partial charge in [-0.2, -0.15) is 0 Å². The van der Waals surface area contributed by atoms with Crippen LogP contribution >= 0.6 is 0 Å². The van der Waals surface area contributed by atoms with Crippen LogP contribution in [0.5, 0.6) is 0 Å². The Hall–Kier alpha value is -0.890. The van der Waals surface area contributed by atoms with E-state index < -0.39 is 0 Å². The van der Waals surface area contributed by atoms with Crippen molar-refractivity contribution in [1.29, 1.82) is 0 Å². The number of ether oxygens (including phenoxy) is 1. The summed E-state index contributed by atoms with van der Waals surface area (Å²) in [4.78, 5) is 0. The Morgan fingerprint density at radius 1 is 1.17 bits per heavy atom. The molecule has 0 aromatic heterocycles. The van der Waals surface area contributed by atoms with Gasteiger partial charge in [0, 0.05) is 7.11 Å². The molecule has 0 atom stereocenters. The second-order valence-electron chi connectivity index (χ2n) is 4.46. The molecule has 1 aliphatic rings. The highest BCUT2D eigenvalue weighted by Crippen LogP contribution is 2.20. The van der Waals surface area contributed by atoms with Crippen LogP contribution in [0.25, 0.3) is 0 Å². The van der Waals surface area contributed by atoms with Crippen molar-refractivity contribution in [1.82, 2.24) is 0 Å². The average molecular weight is 254 g/mol. The maximum absolute atomic E-state index is 12.8. The van der Waals surface area contributed by atoms with Crippen LogP contribution < -0.4 is 0 Å². The summed E-state index contributed by atoms with van der Waals surface area (Å²) < 4.78 is 17.8. The first-order chi connectivity index (χ1) is 8.65. The molecule has 0 bridgehead atoms. The zero-order chi connectivity index (χ0) is 14.0. The maximum atomic E-state index is 12.8. The van der Waals surface area contributed by atoms with Gasteiger partial charge in [-0.3, -0.25) is 0 Å². The molecule has 1 nitrogen and oxygen atoms in total. The summed E-state index contributed by atoms with van der Waals surface area (Å²) in [6.45, 7) is 7.97. The molecule has 1 aromatic rings. The number of hydrogen-bond donors (Lipinski definition) is 0. The molecule has 104 valence electrons. The van der Waals surface area contributed by atoms with Crippen LogP contribution in [0.15, 0.2) is 24.3 Å². The van der Waals surface area contributed by atoms with Gasteiger partial charge >= 0.3 is 0 Å². The van der Waals surface area contributed by atoms with Gasteiger partial charge in [-0.1, -0.05) is 45.9 Å². The zero-order valence-electron chi connectivity index (χ0n) is 12.4. The molecule has 1 aliphatic carbocycles. The summed E-state index contributed by atoms with van der Waals surface area (Å²) in [6, 6.07) is 6.88. The molecule has 0 unspecified atom stereocenters. The second kappa shape index (κ2) is 10.1. The van der Waals surface area contributed by atoms with Gasteiger partial charge in [0.2, 0.25) is 0 Å². The first kappa shape index (κ1) is 17.1. The van der Waals surface area contributed by atoms with E-state index in [1.165, 1.54) is 25.3 Å². The van der Waals surface area contributed by atoms with Crippen LogP contribution in [0.1, 0.15) is 58.4 Å². The average Bonchev–Trinajstić information content (AvgIpc) is 2.31. The van der Waals surface area contributed by atoms with E-state index in [2.05, 4.69) is 0 Å². The summed E-state index contributed by atoms with van der Waals surface area (Å²) in [7, 11) is 1.78. The summed E-state index contributed by atoms with van der Waals surface area (Å²) in [5.74, 6) is 0.179. The van der Waals surface area contributed by atoms with E-state index >= 15 is 0 Å². The third kappa shape index (κ3) is 6.15. The fourth-order valence-electron chi connectivity index (χ4n) is 1.55. The topological polar surface area (TPSA) is 9.23 Å². The minimum Gasteiger partial charge on any atom is -0.381 e. The van der Waals surface area contributed by atoms with Crippen LogP contribution in [-0.2, 0) is 4.74 Å².